The molecule has 0 atom stereocenters. The van der Waals surface area contributed by atoms with E-state index in [0.29, 0.717) is 11.5 Å². The van der Waals surface area contributed by atoms with Crippen molar-refractivity contribution in [3.63, 3.8) is 0 Å². The lowest BCUT2D eigenvalue weighted by Crippen LogP contribution is -2.47. The second-order valence-corrected chi connectivity index (χ2v) is 9.40. The molecule has 0 saturated heterocycles. The average molecular weight is 399 g/mol. The minimum absolute atomic E-state index is 0.0395. The first-order chi connectivity index (χ1) is 12.1. The lowest BCUT2D eigenvalue weighted by Gasteiger charge is -2.32. The van der Waals surface area contributed by atoms with Gasteiger partial charge in [-0.2, -0.15) is 4.72 Å². The van der Waals surface area contributed by atoms with Gasteiger partial charge in [0.1, 0.15) is 16.8 Å². The van der Waals surface area contributed by atoms with Crippen LogP contribution in [0.1, 0.15) is 26.7 Å². The zero-order valence-corrected chi connectivity index (χ0v) is 16.2. The molecule has 2 aromatic rings. The van der Waals surface area contributed by atoms with Crippen molar-refractivity contribution in [2.75, 3.05) is 0 Å². The molecular formula is C17H22NO6PS. The van der Waals surface area contributed by atoms with Gasteiger partial charge >= 0.3 is 7.60 Å². The van der Waals surface area contributed by atoms with Crippen molar-refractivity contribution in [2.45, 2.75) is 36.9 Å². The maximum Gasteiger partial charge on any atom is 0.346 e. The Balaban J connectivity index is 2.25. The van der Waals surface area contributed by atoms with Crippen LogP contribution in [-0.2, 0) is 14.6 Å². The molecule has 0 aromatic heterocycles. The Hall–Kier alpha value is -1.70. The minimum Gasteiger partial charge on any atom is -0.457 e. The summed E-state index contributed by atoms with van der Waals surface area (Å²) in [5.41, 5.74) is 0. The first kappa shape index (κ1) is 20.6. The lowest BCUT2D eigenvalue weighted by atomic mass is 10.2. The van der Waals surface area contributed by atoms with Crippen LogP contribution in [0.25, 0.3) is 0 Å². The Labute approximate surface area is 153 Å². The summed E-state index contributed by atoms with van der Waals surface area (Å²) < 4.78 is 44.8. The van der Waals surface area contributed by atoms with Crippen molar-refractivity contribution >= 4 is 17.6 Å². The Bertz CT molecular complexity index is 873. The molecule has 0 radical (unpaired) electrons. The molecule has 0 bridgehead atoms. The number of nitrogens with one attached hydrogen (secondary N) is 1. The Morgan fingerprint density at radius 2 is 1.46 bits per heavy atom. The van der Waals surface area contributed by atoms with E-state index in [1.165, 1.54) is 38.1 Å². The quantitative estimate of drug-likeness (QED) is 0.586. The Morgan fingerprint density at radius 1 is 0.962 bits per heavy atom. The lowest BCUT2D eigenvalue weighted by molar-refractivity contribution is 0.304. The van der Waals surface area contributed by atoms with Crippen molar-refractivity contribution < 1.29 is 27.5 Å². The van der Waals surface area contributed by atoms with E-state index in [4.69, 9.17) is 4.74 Å². The second-order valence-electron chi connectivity index (χ2n) is 5.77. The molecule has 2 rings (SSSR count). The van der Waals surface area contributed by atoms with Crippen LogP contribution in [0.2, 0.25) is 0 Å². The first-order valence-corrected chi connectivity index (χ1v) is 11.2. The molecule has 0 fully saturated rings. The molecule has 142 valence electrons. The van der Waals surface area contributed by atoms with E-state index in [1.54, 1.807) is 12.1 Å². The fraction of sp³-hybridized carbons (Fsp3) is 0.294. The maximum atomic E-state index is 12.6. The van der Waals surface area contributed by atoms with Crippen LogP contribution in [0.4, 0.5) is 0 Å². The van der Waals surface area contributed by atoms with Crippen molar-refractivity contribution in [3.05, 3.63) is 54.6 Å². The predicted molar refractivity (Wildman–Crippen MR) is 98.6 cm³/mol. The van der Waals surface area contributed by atoms with Crippen molar-refractivity contribution in [3.8, 4) is 11.5 Å². The van der Waals surface area contributed by atoms with Gasteiger partial charge in [-0.25, -0.2) is 8.42 Å². The maximum absolute atomic E-state index is 12.6. The van der Waals surface area contributed by atoms with E-state index < -0.39 is 22.9 Å². The summed E-state index contributed by atoms with van der Waals surface area (Å²) in [7, 11) is -8.81. The Morgan fingerprint density at radius 3 is 1.92 bits per heavy atom. The molecule has 26 heavy (non-hydrogen) atoms. The third kappa shape index (κ3) is 4.52. The van der Waals surface area contributed by atoms with E-state index in [2.05, 4.69) is 4.72 Å². The minimum atomic E-state index is -4.69. The van der Waals surface area contributed by atoms with E-state index in [1.807, 2.05) is 18.2 Å². The van der Waals surface area contributed by atoms with Gasteiger partial charge in [0.05, 0.1) is 4.90 Å². The Kier molecular flexibility index (Phi) is 6.26. The summed E-state index contributed by atoms with van der Waals surface area (Å²) in [5, 5.41) is -1.83. The average Bonchev–Trinajstić information content (AvgIpc) is 2.60. The van der Waals surface area contributed by atoms with E-state index >= 15 is 0 Å². The standard InChI is InChI=1S/C17H22NO6PS/c1-3-17(4-2,25(19,20)21)18-26(22,23)16-12-10-15(11-13-16)24-14-8-6-5-7-9-14/h5-13,18H,3-4H2,1-2H3,(H2,19,20,21). The molecule has 0 heterocycles. The highest BCUT2D eigenvalue weighted by molar-refractivity contribution is 7.90. The molecule has 0 saturated carbocycles. The van der Waals surface area contributed by atoms with E-state index in [0.717, 1.165) is 0 Å². The first-order valence-electron chi connectivity index (χ1n) is 8.06. The van der Waals surface area contributed by atoms with Gasteiger partial charge in [0, 0.05) is 0 Å². The van der Waals surface area contributed by atoms with E-state index in [9.17, 15) is 22.8 Å². The number of hydrogen-bond acceptors (Lipinski definition) is 4. The summed E-state index contributed by atoms with van der Waals surface area (Å²) >= 11 is 0. The summed E-state index contributed by atoms with van der Waals surface area (Å²) in [4.78, 5) is 19.1. The van der Waals surface area contributed by atoms with E-state index in [-0.39, 0.29) is 17.7 Å². The fourth-order valence-electron chi connectivity index (χ4n) is 2.49. The van der Waals surface area contributed by atoms with Gasteiger partial charge in [0.25, 0.3) is 0 Å². The second kappa shape index (κ2) is 7.90. The summed E-state index contributed by atoms with van der Waals surface area (Å²) in [6.45, 7) is 3.06. The zero-order chi connectivity index (χ0) is 19.4. The molecule has 0 aliphatic carbocycles. The van der Waals surface area contributed by atoms with Crippen LogP contribution in [-0.4, -0.2) is 23.5 Å². The van der Waals surface area contributed by atoms with Crippen LogP contribution < -0.4 is 9.46 Å². The van der Waals surface area contributed by atoms with Crippen LogP contribution in [0.15, 0.2) is 59.5 Å². The van der Waals surface area contributed by atoms with Gasteiger partial charge in [-0.3, -0.25) is 4.57 Å². The molecule has 7 nitrogen and oxygen atoms in total. The monoisotopic (exact) mass is 399 g/mol. The van der Waals surface area contributed by atoms with Crippen molar-refractivity contribution in [1.82, 2.24) is 4.72 Å². The highest BCUT2D eigenvalue weighted by Gasteiger charge is 2.47. The molecule has 0 aliphatic heterocycles. The fourth-order valence-corrected chi connectivity index (χ4v) is 5.55. The molecule has 9 heteroatoms. The number of hydrogen-bond donors (Lipinski definition) is 3. The normalized spacial score (nSPS) is 12.8. The highest BCUT2D eigenvalue weighted by atomic mass is 32.2. The van der Waals surface area contributed by atoms with Gasteiger partial charge in [-0.1, -0.05) is 32.0 Å². The molecule has 2 aromatic carbocycles. The molecular weight excluding hydrogens is 377 g/mol. The molecule has 0 spiro atoms. The third-order valence-corrected chi connectivity index (χ3v) is 7.73. The molecule has 0 aliphatic rings. The zero-order valence-electron chi connectivity index (χ0n) is 14.5. The number of benzene rings is 2. The third-order valence-electron chi connectivity index (χ3n) is 4.16. The topological polar surface area (TPSA) is 113 Å². The highest BCUT2D eigenvalue weighted by Crippen LogP contribution is 2.53. The van der Waals surface area contributed by atoms with Gasteiger partial charge in [-0.05, 0) is 49.2 Å². The van der Waals surface area contributed by atoms with Crippen LogP contribution >= 0.6 is 7.60 Å². The van der Waals surface area contributed by atoms with Crippen LogP contribution in [0.3, 0.4) is 0 Å². The molecule has 3 N–H and O–H groups in total. The number of ether oxygens (including phenoxy) is 1. The largest absolute Gasteiger partial charge is 0.457 e. The number of para-hydroxylation sites is 1. The van der Waals surface area contributed by atoms with Gasteiger partial charge in [0.2, 0.25) is 10.0 Å². The molecule has 0 amide bonds. The summed E-state index contributed by atoms with van der Waals surface area (Å²) in [5.74, 6) is 1.06. The predicted octanol–water partition coefficient (Wildman–Crippen LogP) is 3.45. The van der Waals surface area contributed by atoms with Crippen LogP contribution in [0, 0.1) is 0 Å². The van der Waals surface area contributed by atoms with Gasteiger partial charge in [0.15, 0.2) is 0 Å². The molecule has 0 unspecified atom stereocenters. The van der Waals surface area contributed by atoms with Crippen molar-refractivity contribution in [1.29, 1.82) is 0 Å². The van der Waals surface area contributed by atoms with Gasteiger partial charge < -0.3 is 14.5 Å². The van der Waals surface area contributed by atoms with Gasteiger partial charge in [-0.15, -0.1) is 0 Å². The number of rotatable bonds is 8. The number of sulfonamides is 1. The SMILES string of the molecule is CCC(CC)(NS(=O)(=O)c1ccc(Oc2ccccc2)cc1)P(=O)(O)O. The summed E-state index contributed by atoms with van der Waals surface area (Å²) in [6, 6.07) is 14.6. The van der Waals surface area contributed by atoms with Crippen molar-refractivity contribution in [2.24, 2.45) is 0 Å². The summed E-state index contributed by atoms with van der Waals surface area (Å²) in [6.07, 6.45) is -0.0789. The van der Waals surface area contributed by atoms with Crippen LogP contribution in [0.5, 0.6) is 11.5 Å². The smallest absolute Gasteiger partial charge is 0.346 e.